The molecule has 2 fully saturated rings. The largest absolute Gasteiger partial charge is 0.457 e. The van der Waals surface area contributed by atoms with Gasteiger partial charge in [-0.3, -0.25) is 4.79 Å². The standard InChI is InChI=1S/C55H102O14/c1-3-5-7-9-11-13-15-17-18-19-20-21-22-23-24-25-27-29-31-33-35-37-39-64-41-44(67-47(57)38-36-34-32-30-28-26-16-14-12-10-8-6-4-2)42-65-54-53(63)51(61)49(59)46(69-54)43-66-55-52(62)50(60)48(58)45(40-56)68-55/h8,10,14,16,44-46,48-56,58-63H,3-7,9,11-13,15,17-43H2,1-2H3/b10-8-,16-14-. The van der Waals surface area contributed by atoms with Crippen LogP contribution in [0.15, 0.2) is 24.3 Å². The molecule has 0 spiro atoms. The van der Waals surface area contributed by atoms with Crippen molar-refractivity contribution in [1.29, 1.82) is 0 Å². The second kappa shape index (κ2) is 42.9. The average Bonchev–Trinajstić information content (AvgIpc) is 3.35. The molecule has 0 aromatic rings. The molecule has 0 aliphatic carbocycles. The van der Waals surface area contributed by atoms with E-state index in [0.29, 0.717) is 13.0 Å². The second-order valence-electron chi connectivity index (χ2n) is 19.8. The van der Waals surface area contributed by atoms with E-state index >= 15 is 0 Å². The molecule has 0 amide bonds. The lowest BCUT2D eigenvalue weighted by molar-refractivity contribution is -0.332. The molecule has 11 unspecified atom stereocenters. The van der Waals surface area contributed by atoms with Gasteiger partial charge in [-0.15, -0.1) is 0 Å². The molecule has 2 aliphatic rings. The van der Waals surface area contributed by atoms with E-state index in [-0.39, 0.29) is 25.6 Å². The zero-order valence-electron chi connectivity index (χ0n) is 43.3. The van der Waals surface area contributed by atoms with Crippen LogP contribution < -0.4 is 0 Å². The first-order chi connectivity index (χ1) is 33.6. The molecule has 0 aromatic heterocycles. The highest BCUT2D eigenvalue weighted by Crippen LogP contribution is 2.27. The predicted octanol–water partition coefficient (Wildman–Crippen LogP) is 9.19. The Hall–Kier alpha value is -1.53. The molecular formula is C55H102O14. The number of aliphatic hydroxyl groups excluding tert-OH is 7. The number of esters is 1. The number of aliphatic hydroxyl groups is 7. The Morgan fingerprint density at radius 2 is 0.928 bits per heavy atom. The van der Waals surface area contributed by atoms with Gasteiger partial charge in [0.2, 0.25) is 0 Å². The van der Waals surface area contributed by atoms with Crippen LogP contribution in [0.5, 0.6) is 0 Å². The lowest BCUT2D eigenvalue weighted by Gasteiger charge is -2.42. The molecule has 7 N–H and O–H groups in total. The van der Waals surface area contributed by atoms with Gasteiger partial charge in [-0.2, -0.15) is 0 Å². The van der Waals surface area contributed by atoms with Gasteiger partial charge in [0.1, 0.15) is 54.9 Å². The van der Waals surface area contributed by atoms with Crippen LogP contribution in [0.25, 0.3) is 0 Å². The van der Waals surface area contributed by atoms with Crippen molar-refractivity contribution in [3.63, 3.8) is 0 Å². The van der Waals surface area contributed by atoms with Crippen molar-refractivity contribution < 1.29 is 69.0 Å². The summed E-state index contributed by atoms with van der Waals surface area (Å²) in [6.45, 7) is 3.64. The van der Waals surface area contributed by atoms with Crippen molar-refractivity contribution in [2.45, 2.75) is 287 Å². The first-order valence-electron chi connectivity index (χ1n) is 27.9. The van der Waals surface area contributed by atoms with E-state index in [1.807, 2.05) is 0 Å². The van der Waals surface area contributed by atoms with Gasteiger partial charge in [-0.05, 0) is 38.5 Å². The lowest BCUT2D eigenvalue weighted by Crippen LogP contribution is -2.61. The molecule has 406 valence electrons. The van der Waals surface area contributed by atoms with E-state index in [0.717, 1.165) is 64.2 Å². The summed E-state index contributed by atoms with van der Waals surface area (Å²) >= 11 is 0. The summed E-state index contributed by atoms with van der Waals surface area (Å²) in [6.07, 6.45) is 31.1. The average molecular weight is 987 g/mol. The number of allylic oxidation sites excluding steroid dienone is 4. The smallest absolute Gasteiger partial charge is 0.306 e. The number of carbonyl (C=O) groups is 1. The highest BCUT2D eigenvalue weighted by atomic mass is 16.7. The van der Waals surface area contributed by atoms with Crippen LogP contribution in [0, 0.1) is 0 Å². The SMILES string of the molecule is CCC/C=C\C/C=C\CCCCCCCC(=O)OC(COCCCCCCCCCCCCCCCCCCCCCCCC)COC1OC(COC2OC(CO)C(O)C(O)C2O)C(O)C(O)C1O. The zero-order valence-corrected chi connectivity index (χ0v) is 43.3. The first-order valence-corrected chi connectivity index (χ1v) is 27.9. The number of carbonyl (C=O) groups excluding carboxylic acids is 1. The molecule has 0 bridgehead atoms. The summed E-state index contributed by atoms with van der Waals surface area (Å²) in [6, 6.07) is 0. The molecule has 14 heteroatoms. The van der Waals surface area contributed by atoms with Crippen LogP contribution >= 0.6 is 0 Å². The van der Waals surface area contributed by atoms with Crippen molar-refractivity contribution in [1.82, 2.24) is 0 Å². The number of hydrogen-bond donors (Lipinski definition) is 7. The maximum Gasteiger partial charge on any atom is 0.306 e. The monoisotopic (exact) mass is 987 g/mol. The minimum atomic E-state index is -1.71. The fourth-order valence-corrected chi connectivity index (χ4v) is 8.91. The van der Waals surface area contributed by atoms with Gasteiger partial charge >= 0.3 is 5.97 Å². The Kier molecular flexibility index (Phi) is 39.6. The van der Waals surface area contributed by atoms with E-state index in [1.54, 1.807) is 0 Å². The van der Waals surface area contributed by atoms with Crippen molar-refractivity contribution in [2.24, 2.45) is 0 Å². The molecule has 0 aromatic carbocycles. The van der Waals surface area contributed by atoms with E-state index in [1.165, 1.54) is 128 Å². The molecule has 2 heterocycles. The summed E-state index contributed by atoms with van der Waals surface area (Å²) in [5, 5.41) is 72.2. The summed E-state index contributed by atoms with van der Waals surface area (Å²) in [5.74, 6) is -0.387. The maximum atomic E-state index is 13.0. The van der Waals surface area contributed by atoms with Crippen LogP contribution in [0.1, 0.15) is 219 Å². The van der Waals surface area contributed by atoms with Crippen molar-refractivity contribution in [3.8, 4) is 0 Å². The van der Waals surface area contributed by atoms with Gasteiger partial charge in [0.25, 0.3) is 0 Å². The molecule has 0 saturated carbocycles. The molecule has 14 nitrogen and oxygen atoms in total. The normalized spacial score (nSPS) is 25.8. The van der Waals surface area contributed by atoms with Crippen LogP contribution in [0.3, 0.4) is 0 Å². The summed E-state index contributed by atoms with van der Waals surface area (Å²) in [7, 11) is 0. The van der Waals surface area contributed by atoms with Gasteiger partial charge in [0.05, 0.1) is 26.4 Å². The minimum absolute atomic E-state index is 0.0601. The number of ether oxygens (including phenoxy) is 6. The van der Waals surface area contributed by atoms with E-state index < -0.39 is 80.7 Å². The van der Waals surface area contributed by atoms with Gasteiger partial charge in [0.15, 0.2) is 12.6 Å². The number of hydrogen-bond acceptors (Lipinski definition) is 14. The zero-order chi connectivity index (χ0) is 50.2. The summed E-state index contributed by atoms with van der Waals surface area (Å²) < 4.78 is 34.3. The van der Waals surface area contributed by atoms with Crippen molar-refractivity contribution in [3.05, 3.63) is 24.3 Å². The van der Waals surface area contributed by atoms with Crippen LogP contribution in [0.2, 0.25) is 0 Å². The van der Waals surface area contributed by atoms with Crippen molar-refractivity contribution in [2.75, 3.05) is 33.0 Å². The second-order valence-corrected chi connectivity index (χ2v) is 19.8. The Morgan fingerprint density at radius 3 is 1.45 bits per heavy atom. The molecule has 2 aliphatic heterocycles. The van der Waals surface area contributed by atoms with E-state index in [9.17, 15) is 40.5 Å². The Bertz CT molecular complexity index is 1240. The fourth-order valence-electron chi connectivity index (χ4n) is 8.91. The maximum absolute atomic E-state index is 13.0. The third-order valence-electron chi connectivity index (χ3n) is 13.4. The third-order valence-corrected chi connectivity index (χ3v) is 13.4. The third kappa shape index (κ3) is 30.3. The first kappa shape index (κ1) is 63.6. The number of rotatable bonds is 45. The van der Waals surface area contributed by atoms with Gasteiger partial charge < -0.3 is 64.2 Å². The van der Waals surface area contributed by atoms with Gasteiger partial charge in [0, 0.05) is 13.0 Å². The summed E-state index contributed by atoms with van der Waals surface area (Å²) in [5.41, 5.74) is 0. The van der Waals surface area contributed by atoms with Crippen molar-refractivity contribution >= 4 is 5.97 Å². The summed E-state index contributed by atoms with van der Waals surface area (Å²) in [4.78, 5) is 13.0. The molecule has 2 saturated heterocycles. The lowest BCUT2D eigenvalue weighted by atomic mass is 9.98. The predicted molar refractivity (Wildman–Crippen MR) is 270 cm³/mol. The fraction of sp³-hybridized carbons (Fsp3) is 0.909. The highest BCUT2D eigenvalue weighted by molar-refractivity contribution is 5.69. The van der Waals surface area contributed by atoms with Crippen LogP contribution in [-0.4, -0.2) is 142 Å². The Balaban J connectivity index is 1.70. The molecule has 11 atom stereocenters. The highest BCUT2D eigenvalue weighted by Gasteiger charge is 2.47. The Morgan fingerprint density at radius 1 is 0.478 bits per heavy atom. The van der Waals surface area contributed by atoms with Gasteiger partial charge in [-0.25, -0.2) is 0 Å². The Labute approximate surface area is 417 Å². The van der Waals surface area contributed by atoms with E-state index in [2.05, 4.69) is 38.2 Å². The quantitative estimate of drug-likeness (QED) is 0.0172. The van der Waals surface area contributed by atoms with Crippen LogP contribution in [0.4, 0.5) is 0 Å². The topological polar surface area (TPSA) is 214 Å². The molecule has 2 rings (SSSR count). The minimum Gasteiger partial charge on any atom is -0.457 e. The van der Waals surface area contributed by atoms with Crippen LogP contribution in [-0.2, 0) is 33.2 Å². The molecule has 0 radical (unpaired) electrons. The molecular weight excluding hydrogens is 885 g/mol. The molecule has 69 heavy (non-hydrogen) atoms. The van der Waals surface area contributed by atoms with E-state index in [4.69, 9.17) is 28.4 Å². The van der Waals surface area contributed by atoms with Gasteiger partial charge in [-0.1, -0.05) is 199 Å². The number of unbranched alkanes of at least 4 members (excludes halogenated alkanes) is 27.